The van der Waals surface area contributed by atoms with Crippen molar-refractivity contribution in [2.45, 2.75) is 9.79 Å². The zero-order valence-electron chi connectivity index (χ0n) is 14.8. The lowest BCUT2D eigenvalue weighted by molar-refractivity contribution is 0.0696. The number of rotatable bonds is 6. The maximum absolute atomic E-state index is 12.8. The maximum Gasteiger partial charge on any atom is 0.335 e. The Morgan fingerprint density at radius 1 is 1.15 bits per heavy atom. The fraction of sp³-hybridized carbons (Fsp3) is 0.176. The number of hydrogen-bond donors (Lipinski definition) is 2. The van der Waals surface area contributed by atoms with Gasteiger partial charge in [-0.2, -0.15) is 0 Å². The second-order valence-electron chi connectivity index (χ2n) is 5.53. The molecular formula is C17H18N2O6S2. The van der Waals surface area contributed by atoms with E-state index in [2.05, 4.69) is 4.72 Å². The lowest BCUT2D eigenvalue weighted by Gasteiger charge is -2.15. The van der Waals surface area contributed by atoms with E-state index in [4.69, 9.17) is 9.84 Å². The quantitative estimate of drug-likeness (QED) is 0.704. The van der Waals surface area contributed by atoms with Gasteiger partial charge in [0.05, 0.1) is 18.4 Å². The van der Waals surface area contributed by atoms with Crippen molar-refractivity contribution in [3.05, 3.63) is 48.0 Å². The van der Waals surface area contributed by atoms with Gasteiger partial charge in [0.25, 0.3) is 15.3 Å². The third-order valence-corrected chi connectivity index (χ3v) is 5.90. The summed E-state index contributed by atoms with van der Waals surface area (Å²) in [6, 6.07) is 9.95. The first kappa shape index (κ1) is 20.6. The number of benzene rings is 2. The zero-order valence-corrected chi connectivity index (χ0v) is 16.4. The minimum atomic E-state index is -4.17. The number of carbonyl (C=O) groups excluding carboxylic acids is 1. The molecule has 2 N–H and O–H groups in total. The molecule has 0 bridgehead atoms. The highest BCUT2D eigenvalue weighted by Crippen LogP contribution is 2.32. The van der Waals surface area contributed by atoms with Gasteiger partial charge >= 0.3 is 5.97 Å². The topological polar surface area (TPSA) is 113 Å². The molecule has 0 spiro atoms. The molecular weight excluding hydrogens is 392 g/mol. The van der Waals surface area contributed by atoms with Crippen LogP contribution in [0.3, 0.4) is 0 Å². The van der Waals surface area contributed by atoms with Gasteiger partial charge in [-0.1, -0.05) is 12.1 Å². The number of sulfonamides is 1. The zero-order chi connectivity index (χ0) is 20.2. The van der Waals surface area contributed by atoms with Crippen LogP contribution in [0.2, 0.25) is 0 Å². The summed E-state index contributed by atoms with van der Waals surface area (Å²) >= 11 is 0.867. The third kappa shape index (κ3) is 4.92. The van der Waals surface area contributed by atoms with Gasteiger partial charge in [0.2, 0.25) is 0 Å². The average molecular weight is 410 g/mol. The van der Waals surface area contributed by atoms with Crippen LogP contribution in [0.5, 0.6) is 5.75 Å². The first-order valence-corrected chi connectivity index (χ1v) is 9.88. The molecule has 144 valence electrons. The molecule has 27 heavy (non-hydrogen) atoms. The van der Waals surface area contributed by atoms with Crippen molar-refractivity contribution in [3.8, 4) is 5.75 Å². The highest BCUT2D eigenvalue weighted by molar-refractivity contribution is 8.13. The summed E-state index contributed by atoms with van der Waals surface area (Å²) in [4.78, 5) is 24.6. The molecule has 2 aromatic rings. The molecule has 10 heteroatoms. The molecule has 0 radical (unpaired) electrons. The first-order chi connectivity index (χ1) is 12.7. The van der Waals surface area contributed by atoms with Crippen molar-refractivity contribution in [1.29, 1.82) is 0 Å². The van der Waals surface area contributed by atoms with Crippen LogP contribution in [-0.4, -0.2) is 50.8 Å². The lowest BCUT2D eigenvalue weighted by atomic mass is 10.2. The Kier molecular flexibility index (Phi) is 6.34. The standard InChI is InChI=1S/C17H18N2O6S2/c1-19(2)17(22)26-14-7-5-4-6-12(14)18-27(23,24)15-10-11(16(20)21)8-9-13(15)25-3/h4-10,18H,1-3H3,(H,20,21). The maximum atomic E-state index is 12.8. The molecule has 0 unspecified atom stereocenters. The van der Waals surface area contributed by atoms with Gasteiger partial charge < -0.3 is 14.7 Å². The summed E-state index contributed by atoms with van der Waals surface area (Å²) < 4.78 is 33.1. The summed E-state index contributed by atoms with van der Waals surface area (Å²) in [6.07, 6.45) is 0. The normalized spacial score (nSPS) is 10.9. The highest BCUT2D eigenvalue weighted by atomic mass is 32.2. The summed E-state index contributed by atoms with van der Waals surface area (Å²) in [6.45, 7) is 0. The van der Waals surface area contributed by atoms with Crippen molar-refractivity contribution in [2.75, 3.05) is 25.9 Å². The minimum absolute atomic E-state index is 0.00185. The second-order valence-corrected chi connectivity index (χ2v) is 8.18. The number of thioether (sulfide) groups is 1. The Balaban J connectivity index is 2.45. The predicted molar refractivity (Wildman–Crippen MR) is 102 cm³/mol. The number of anilines is 1. The van der Waals surface area contributed by atoms with Crippen LogP contribution in [0, 0.1) is 0 Å². The van der Waals surface area contributed by atoms with Gasteiger partial charge in [0.15, 0.2) is 0 Å². The number of hydrogen-bond acceptors (Lipinski definition) is 6. The van der Waals surface area contributed by atoms with E-state index < -0.39 is 16.0 Å². The number of ether oxygens (including phenoxy) is 1. The monoisotopic (exact) mass is 410 g/mol. The molecule has 0 saturated heterocycles. The second kappa shape index (κ2) is 8.31. The van der Waals surface area contributed by atoms with E-state index in [9.17, 15) is 18.0 Å². The molecule has 0 aromatic heterocycles. The smallest absolute Gasteiger partial charge is 0.335 e. The van der Waals surface area contributed by atoms with Gasteiger partial charge in [-0.3, -0.25) is 9.52 Å². The fourth-order valence-electron chi connectivity index (χ4n) is 2.04. The van der Waals surface area contributed by atoms with E-state index in [1.54, 1.807) is 32.3 Å². The molecule has 0 heterocycles. The molecule has 2 rings (SSSR count). The number of methoxy groups -OCH3 is 1. The predicted octanol–water partition coefficient (Wildman–Crippen LogP) is 2.97. The van der Waals surface area contributed by atoms with Crippen LogP contribution in [0.25, 0.3) is 0 Å². The van der Waals surface area contributed by atoms with Crippen molar-refractivity contribution < 1.29 is 27.9 Å². The Labute approximate surface area is 161 Å². The number of carboxylic acids is 1. The van der Waals surface area contributed by atoms with Crippen LogP contribution >= 0.6 is 11.8 Å². The van der Waals surface area contributed by atoms with Crippen LogP contribution in [0.15, 0.2) is 52.3 Å². The van der Waals surface area contributed by atoms with Crippen molar-refractivity contribution in [1.82, 2.24) is 4.90 Å². The molecule has 0 aliphatic rings. The van der Waals surface area contributed by atoms with E-state index in [-0.39, 0.29) is 27.1 Å². The van der Waals surface area contributed by atoms with E-state index in [0.29, 0.717) is 4.90 Å². The lowest BCUT2D eigenvalue weighted by Crippen LogP contribution is -2.18. The third-order valence-electron chi connectivity index (χ3n) is 3.39. The van der Waals surface area contributed by atoms with Crippen molar-refractivity contribution >= 4 is 38.7 Å². The van der Waals surface area contributed by atoms with Gasteiger partial charge in [-0.05, 0) is 42.1 Å². The molecule has 0 fully saturated rings. The SMILES string of the molecule is COc1ccc(C(=O)O)cc1S(=O)(=O)Nc1ccccc1SC(=O)N(C)C. The molecule has 0 aliphatic heterocycles. The van der Waals surface area contributed by atoms with E-state index in [1.807, 2.05) is 0 Å². The molecule has 0 saturated carbocycles. The van der Waals surface area contributed by atoms with Gasteiger partial charge in [0, 0.05) is 19.0 Å². The van der Waals surface area contributed by atoms with Crippen LogP contribution in [0.1, 0.15) is 10.4 Å². The average Bonchev–Trinajstić information content (AvgIpc) is 2.62. The summed E-state index contributed by atoms with van der Waals surface area (Å²) in [5.41, 5.74) is 0.00195. The number of carboxylic acid groups (broad SMARTS) is 1. The number of amides is 1. The van der Waals surface area contributed by atoms with E-state index >= 15 is 0 Å². The van der Waals surface area contributed by atoms with Crippen LogP contribution in [-0.2, 0) is 10.0 Å². The number of aromatic carboxylic acids is 1. The molecule has 0 atom stereocenters. The largest absolute Gasteiger partial charge is 0.495 e. The van der Waals surface area contributed by atoms with Crippen LogP contribution < -0.4 is 9.46 Å². The van der Waals surface area contributed by atoms with E-state index in [0.717, 1.165) is 17.8 Å². The Hall–Kier alpha value is -2.72. The number of nitrogens with one attached hydrogen (secondary N) is 1. The van der Waals surface area contributed by atoms with E-state index in [1.165, 1.54) is 30.2 Å². The summed E-state index contributed by atoms with van der Waals surface area (Å²) in [5.74, 6) is -1.26. The van der Waals surface area contributed by atoms with Crippen molar-refractivity contribution in [3.63, 3.8) is 0 Å². The highest BCUT2D eigenvalue weighted by Gasteiger charge is 2.23. The Bertz CT molecular complexity index is 973. The van der Waals surface area contributed by atoms with Gasteiger partial charge in [0.1, 0.15) is 10.6 Å². The number of nitrogens with zero attached hydrogens (tertiary/aromatic N) is 1. The fourth-order valence-corrected chi connectivity index (χ4v) is 4.13. The number of carbonyl (C=O) groups is 2. The van der Waals surface area contributed by atoms with Crippen molar-refractivity contribution in [2.24, 2.45) is 0 Å². The van der Waals surface area contributed by atoms with Crippen LogP contribution in [0.4, 0.5) is 10.5 Å². The Morgan fingerprint density at radius 3 is 2.41 bits per heavy atom. The molecule has 0 aliphatic carbocycles. The first-order valence-electron chi connectivity index (χ1n) is 7.58. The molecule has 1 amide bonds. The summed E-state index contributed by atoms with van der Waals surface area (Å²) in [7, 11) is 0.294. The van der Waals surface area contributed by atoms with Gasteiger partial charge in [-0.25, -0.2) is 13.2 Å². The molecule has 2 aromatic carbocycles. The Morgan fingerprint density at radius 2 is 1.81 bits per heavy atom. The van der Waals surface area contributed by atoms with Gasteiger partial charge in [-0.15, -0.1) is 0 Å². The molecule has 8 nitrogen and oxygen atoms in total. The summed E-state index contributed by atoms with van der Waals surface area (Å²) in [5, 5.41) is 8.85. The minimum Gasteiger partial charge on any atom is -0.495 e. The number of para-hydroxylation sites is 1.